The van der Waals surface area contributed by atoms with Crippen LogP contribution in [0, 0.1) is 13.8 Å². The molecule has 2 amide bonds. The molecule has 2 rings (SSSR count). The summed E-state index contributed by atoms with van der Waals surface area (Å²) in [6, 6.07) is 14.1. The zero-order valence-corrected chi connectivity index (χ0v) is 18.4. The number of carbonyl (C=O) groups is 2. The van der Waals surface area contributed by atoms with Gasteiger partial charge in [-0.15, -0.1) is 0 Å². The second-order valence-electron chi connectivity index (χ2n) is 7.94. The van der Waals surface area contributed by atoms with Crippen LogP contribution in [-0.4, -0.2) is 58.0 Å². The molecule has 6 nitrogen and oxygen atoms in total. The summed E-state index contributed by atoms with van der Waals surface area (Å²) >= 11 is 0. The van der Waals surface area contributed by atoms with Crippen molar-refractivity contribution in [2.75, 3.05) is 51.5 Å². The van der Waals surface area contributed by atoms with Gasteiger partial charge >= 0.3 is 0 Å². The molecule has 6 heteroatoms. The van der Waals surface area contributed by atoms with Gasteiger partial charge in [-0.05, 0) is 42.7 Å². The molecule has 2 aromatic carbocycles. The highest BCUT2D eigenvalue weighted by Gasteiger charge is 2.18. The van der Waals surface area contributed by atoms with Crippen LogP contribution >= 0.6 is 0 Å². The molecule has 1 atom stereocenters. The number of hydrogen-bond donors (Lipinski definition) is 2. The molecule has 0 heterocycles. The fourth-order valence-electron chi connectivity index (χ4n) is 3.19. The largest absolute Gasteiger partial charge is 0.378 e. The standard InChI is InChI=1S/C23H32N4O2/c1-17-8-7-9-18(2)23(17)24-21(28)15-26(5)16-22(29)27(6)14-19-10-12-20(13-11-19)25(3)4/h7-13H,14-16H2,1-6H3,(H,24,28)/p+1. The summed E-state index contributed by atoms with van der Waals surface area (Å²) in [6.45, 7) is 5.01. The number of para-hydroxylation sites is 1. The Labute approximate surface area is 174 Å². The first-order valence-corrected chi connectivity index (χ1v) is 9.85. The van der Waals surface area contributed by atoms with Gasteiger partial charge in [0, 0.05) is 39.1 Å². The topological polar surface area (TPSA) is 57.1 Å². The third kappa shape index (κ3) is 6.61. The van der Waals surface area contributed by atoms with E-state index in [1.165, 1.54) is 0 Å². The van der Waals surface area contributed by atoms with Crippen molar-refractivity contribution in [3.63, 3.8) is 0 Å². The molecule has 0 aliphatic rings. The third-order valence-electron chi connectivity index (χ3n) is 4.96. The van der Waals surface area contributed by atoms with Gasteiger partial charge in [0.1, 0.15) is 0 Å². The monoisotopic (exact) mass is 397 g/mol. The zero-order chi connectivity index (χ0) is 21.6. The molecule has 0 saturated carbocycles. The van der Waals surface area contributed by atoms with E-state index in [0.29, 0.717) is 6.54 Å². The Balaban J connectivity index is 1.85. The Bertz CT molecular complexity index is 826. The van der Waals surface area contributed by atoms with Crippen molar-refractivity contribution < 1.29 is 14.5 Å². The van der Waals surface area contributed by atoms with E-state index < -0.39 is 0 Å². The average Bonchev–Trinajstić information content (AvgIpc) is 2.65. The van der Waals surface area contributed by atoms with Crippen LogP contribution in [0.4, 0.5) is 11.4 Å². The quantitative estimate of drug-likeness (QED) is 0.710. The normalized spacial score (nSPS) is 11.7. The molecule has 0 spiro atoms. The molecular formula is C23H33N4O2+. The van der Waals surface area contributed by atoms with Crippen LogP contribution < -0.4 is 15.1 Å². The number of nitrogens with zero attached hydrogens (tertiary/aromatic N) is 2. The molecule has 0 saturated heterocycles. The molecule has 0 aliphatic heterocycles. The number of benzene rings is 2. The Morgan fingerprint density at radius 1 is 0.931 bits per heavy atom. The van der Waals surface area contributed by atoms with Crippen LogP contribution in [0.5, 0.6) is 0 Å². The third-order valence-corrected chi connectivity index (χ3v) is 4.96. The molecule has 2 N–H and O–H groups in total. The summed E-state index contributed by atoms with van der Waals surface area (Å²) in [5.74, 6) is -0.0753. The van der Waals surface area contributed by atoms with Crippen molar-refractivity contribution in [1.82, 2.24) is 4.90 Å². The van der Waals surface area contributed by atoms with Crippen LogP contribution in [-0.2, 0) is 16.1 Å². The lowest BCUT2D eigenvalue weighted by molar-refractivity contribution is -0.862. The molecule has 29 heavy (non-hydrogen) atoms. The lowest BCUT2D eigenvalue weighted by Gasteiger charge is -2.21. The predicted octanol–water partition coefficient (Wildman–Crippen LogP) is 1.48. The maximum atomic E-state index is 12.5. The van der Waals surface area contributed by atoms with Crippen LogP contribution in [0.2, 0.25) is 0 Å². The smallest absolute Gasteiger partial charge is 0.279 e. The Kier molecular flexibility index (Phi) is 7.79. The van der Waals surface area contributed by atoms with Gasteiger partial charge in [0.15, 0.2) is 13.1 Å². The van der Waals surface area contributed by atoms with Crippen molar-refractivity contribution >= 4 is 23.2 Å². The molecule has 0 radical (unpaired) electrons. The number of likely N-dealkylation sites (N-methyl/N-ethyl adjacent to an activating group) is 2. The minimum atomic E-state index is -0.0883. The fraction of sp³-hybridized carbons (Fsp3) is 0.391. The van der Waals surface area contributed by atoms with Gasteiger partial charge in [-0.1, -0.05) is 30.3 Å². The number of aryl methyl sites for hydroxylation is 2. The molecule has 0 aromatic heterocycles. The van der Waals surface area contributed by atoms with Crippen LogP contribution in [0.25, 0.3) is 0 Å². The number of amides is 2. The van der Waals surface area contributed by atoms with Gasteiger partial charge in [-0.3, -0.25) is 9.59 Å². The summed E-state index contributed by atoms with van der Waals surface area (Å²) in [4.78, 5) is 29.5. The highest BCUT2D eigenvalue weighted by Crippen LogP contribution is 2.19. The maximum Gasteiger partial charge on any atom is 0.279 e. The summed E-state index contributed by atoms with van der Waals surface area (Å²) < 4.78 is 0. The van der Waals surface area contributed by atoms with E-state index in [-0.39, 0.29) is 24.9 Å². The minimum Gasteiger partial charge on any atom is -0.378 e. The van der Waals surface area contributed by atoms with E-state index >= 15 is 0 Å². The van der Waals surface area contributed by atoms with Gasteiger partial charge in [-0.2, -0.15) is 0 Å². The lowest BCUT2D eigenvalue weighted by atomic mass is 10.1. The van der Waals surface area contributed by atoms with Gasteiger partial charge in [0.05, 0.1) is 7.05 Å². The van der Waals surface area contributed by atoms with Crippen LogP contribution in [0.3, 0.4) is 0 Å². The highest BCUT2D eigenvalue weighted by molar-refractivity contribution is 5.93. The van der Waals surface area contributed by atoms with Gasteiger partial charge in [0.2, 0.25) is 0 Å². The summed E-state index contributed by atoms with van der Waals surface area (Å²) in [6.07, 6.45) is 0. The van der Waals surface area contributed by atoms with Crippen molar-refractivity contribution in [2.24, 2.45) is 0 Å². The fourth-order valence-corrected chi connectivity index (χ4v) is 3.19. The van der Waals surface area contributed by atoms with E-state index in [2.05, 4.69) is 5.32 Å². The van der Waals surface area contributed by atoms with Gasteiger partial charge in [-0.25, -0.2) is 0 Å². The molecule has 0 fully saturated rings. The highest BCUT2D eigenvalue weighted by atomic mass is 16.2. The van der Waals surface area contributed by atoms with E-state index in [1.807, 2.05) is 82.4 Å². The number of quaternary nitrogens is 1. The average molecular weight is 398 g/mol. The first-order chi connectivity index (χ1) is 13.7. The molecular weight excluding hydrogens is 364 g/mol. The number of rotatable bonds is 8. The molecule has 0 bridgehead atoms. The Morgan fingerprint density at radius 3 is 2.07 bits per heavy atom. The van der Waals surface area contributed by atoms with E-state index in [9.17, 15) is 9.59 Å². The number of carbonyl (C=O) groups excluding carboxylic acids is 2. The van der Waals surface area contributed by atoms with Crippen molar-refractivity contribution in [3.8, 4) is 0 Å². The van der Waals surface area contributed by atoms with Crippen molar-refractivity contribution in [3.05, 3.63) is 59.2 Å². The number of anilines is 2. The predicted molar refractivity (Wildman–Crippen MR) is 118 cm³/mol. The Morgan fingerprint density at radius 2 is 1.52 bits per heavy atom. The second kappa shape index (κ2) is 10.1. The second-order valence-corrected chi connectivity index (χ2v) is 7.94. The van der Waals surface area contributed by atoms with Gasteiger partial charge < -0.3 is 20.0 Å². The molecule has 2 aromatic rings. The molecule has 0 aliphatic carbocycles. The van der Waals surface area contributed by atoms with E-state index in [1.54, 1.807) is 11.9 Å². The number of hydrogen-bond acceptors (Lipinski definition) is 3. The lowest BCUT2D eigenvalue weighted by Crippen LogP contribution is -3.11. The SMILES string of the molecule is Cc1cccc(C)c1NC(=O)C[NH+](C)CC(=O)N(C)Cc1ccc(N(C)C)cc1. The summed E-state index contributed by atoms with van der Waals surface area (Å²) in [5.41, 5.74) is 5.13. The zero-order valence-electron chi connectivity index (χ0n) is 18.4. The van der Waals surface area contributed by atoms with Crippen LogP contribution in [0.1, 0.15) is 16.7 Å². The van der Waals surface area contributed by atoms with Crippen LogP contribution in [0.15, 0.2) is 42.5 Å². The first-order valence-electron chi connectivity index (χ1n) is 9.85. The summed E-state index contributed by atoms with van der Waals surface area (Å²) in [5, 5.41) is 2.98. The maximum absolute atomic E-state index is 12.5. The Hall–Kier alpha value is -2.86. The summed E-state index contributed by atoms with van der Waals surface area (Å²) in [7, 11) is 7.66. The molecule has 1 unspecified atom stereocenters. The van der Waals surface area contributed by atoms with E-state index in [0.717, 1.165) is 33.0 Å². The molecule has 156 valence electrons. The minimum absolute atomic E-state index is 0.0130. The van der Waals surface area contributed by atoms with E-state index in [4.69, 9.17) is 0 Å². The van der Waals surface area contributed by atoms with Crippen molar-refractivity contribution in [2.45, 2.75) is 20.4 Å². The van der Waals surface area contributed by atoms with Crippen molar-refractivity contribution in [1.29, 1.82) is 0 Å². The van der Waals surface area contributed by atoms with Gasteiger partial charge in [0.25, 0.3) is 11.8 Å². The first kappa shape index (κ1) is 22.4. The number of nitrogens with one attached hydrogen (secondary N) is 2.